The maximum Gasteiger partial charge on any atom is 0.0533 e. The largest absolute Gasteiger partial charge is 0.360 e. The minimum absolute atomic E-state index is 1.21. The Kier molecular flexibility index (Phi) is 2.03. The molecule has 0 saturated heterocycles. The second kappa shape index (κ2) is 3.53. The van der Waals surface area contributed by atoms with Crippen molar-refractivity contribution >= 4 is 10.8 Å². The second-order valence-electron chi connectivity index (χ2n) is 4.12. The van der Waals surface area contributed by atoms with Crippen LogP contribution in [0.25, 0.3) is 22.0 Å². The van der Waals surface area contributed by atoms with E-state index < -0.39 is 0 Å². The molecule has 0 radical (unpaired) electrons. The van der Waals surface area contributed by atoms with Gasteiger partial charge in [0.05, 0.1) is 5.69 Å². The minimum Gasteiger partial charge on any atom is -0.360 e. The lowest BCUT2D eigenvalue weighted by molar-refractivity contribution is 1.39. The molecule has 0 fully saturated rings. The smallest absolute Gasteiger partial charge is 0.0533 e. The molecule has 0 bridgehead atoms. The third-order valence-corrected chi connectivity index (χ3v) is 2.91. The molecule has 0 atom stereocenters. The zero-order chi connectivity index (χ0) is 11.0. The molecular weight excluding hydrogens is 194 g/mol. The van der Waals surface area contributed by atoms with E-state index >= 15 is 0 Å². The predicted molar refractivity (Wildman–Crippen MR) is 68.5 cm³/mol. The third kappa shape index (κ3) is 1.41. The molecule has 1 aromatic heterocycles. The van der Waals surface area contributed by atoms with Gasteiger partial charge in [-0.05, 0) is 23.9 Å². The number of fused-ring (bicyclic) bond motifs is 1. The summed E-state index contributed by atoms with van der Waals surface area (Å²) in [5.74, 6) is 0. The zero-order valence-corrected chi connectivity index (χ0v) is 9.20. The van der Waals surface area contributed by atoms with Gasteiger partial charge in [-0.1, -0.05) is 48.0 Å². The molecule has 0 unspecified atom stereocenters. The van der Waals surface area contributed by atoms with Gasteiger partial charge in [-0.2, -0.15) is 0 Å². The van der Waals surface area contributed by atoms with Crippen molar-refractivity contribution in [2.24, 2.45) is 0 Å². The van der Waals surface area contributed by atoms with Crippen molar-refractivity contribution in [2.75, 3.05) is 0 Å². The Labute approximate surface area is 94.7 Å². The molecule has 2 aromatic carbocycles. The van der Waals surface area contributed by atoms with Gasteiger partial charge >= 0.3 is 0 Å². The number of H-pyrrole nitrogens is 1. The van der Waals surface area contributed by atoms with Crippen LogP contribution in [0.2, 0.25) is 0 Å². The highest BCUT2D eigenvalue weighted by Crippen LogP contribution is 2.27. The van der Waals surface area contributed by atoms with Crippen LogP contribution in [-0.2, 0) is 0 Å². The maximum atomic E-state index is 3.36. The summed E-state index contributed by atoms with van der Waals surface area (Å²) in [4.78, 5) is 3.36. The van der Waals surface area contributed by atoms with Gasteiger partial charge in [0.15, 0.2) is 0 Å². The van der Waals surface area contributed by atoms with E-state index in [1.807, 2.05) is 0 Å². The van der Waals surface area contributed by atoms with Crippen molar-refractivity contribution in [1.29, 1.82) is 0 Å². The summed E-state index contributed by atoms with van der Waals surface area (Å²) < 4.78 is 0. The molecule has 16 heavy (non-hydrogen) atoms. The van der Waals surface area contributed by atoms with Gasteiger partial charge in [0.2, 0.25) is 0 Å². The van der Waals surface area contributed by atoms with Crippen molar-refractivity contribution in [3.05, 3.63) is 60.3 Å². The van der Waals surface area contributed by atoms with Crippen molar-refractivity contribution < 1.29 is 0 Å². The van der Waals surface area contributed by atoms with E-state index in [4.69, 9.17) is 0 Å². The van der Waals surface area contributed by atoms with Crippen LogP contribution in [0.15, 0.2) is 54.7 Å². The Bertz CT molecular complexity index is 634. The molecule has 0 amide bonds. The highest BCUT2D eigenvalue weighted by Gasteiger charge is 2.04. The Morgan fingerprint density at radius 1 is 0.938 bits per heavy atom. The van der Waals surface area contributed by atoms with E-state index in [0.717, 1.165) is 0 Å². The van der Waals surface area contributed by atoms with Gasteiger partial charge in [0.1, 0.15) is 0 Å². The average Bonchev–Trinajstić information content (AvgIpc) is 2.72. The number of hydrogen-bond acceptors (Lipinski definition) is 0. The molecule has 0 saturated carbocycles. The van der Waals surface area contributed by atoms with Gasteiger partial charge in [-0.15, -0.1) is 0 Å². The lowest BCUT2D eigenvalue weighted by Crippen LogP contribution is -1.79. The third-order valence-electron chi connectivity index (χ3n) is 2.91. The summed E-state index contributed by atoms with van der Waals surface area (Å²) in [6.45, 7) is 2.12. The summed E-state index contributed by atoms with van der Waals surface area (Å²) >= 11 is 0. The van der Waals surface area contributed by atoms with Gasteiger partial charge < -0.3 is 4.98 Å². The second-order valence-corrected chi connectivity index (χ2v) is 4.12. The topological polar surface area (TPSA) is 15.8 Å². The number of aryl methyl sites for hydroxylation is 1. The van der Waals surface area contributed by atoms with E-state index in [1.54, 1.807) is 0 Å². The summed E-state index contributed by atoms with van der Waals surface area (Å²) in [5.41, 5.74) is 3.75. The first-order valence-electron chi connectivity index (χ1n) is 5.48. The number of aromatic amines is 1. The Morgan fingerprint density at radius 3 is 2.69 bits per heavy atom. The molecule has 3 aromatic rings. The fourth-order valence-corrected chi connectivity index (χ4v) is 2.12. The van der Waals surface area contributed by atoms with E-state index in [1.165, 1.54) is 27.6 Å². The van der Waals surface area contributed by atoms with Gasteiger partial charge in [0, 0.05) is 11.6 Å². The normalized spacial score (nSPS) is 10.8. The average molecular weight is 207 g/mol. The van der Waals surface area contributed by atoms with Gasteiger partial charge in [0.25, 0.3) is 0 Å². The molecule has 3 rings (SSSR count). The van der Waals surface area contributed by atoms with Crippen LogP contribution < -0.4 is 0 Å². The molecule has 0 spiro atoms. The van der Waals surface area contributed by atoms with E-state index in [9.17, 15) is 0 Å². The Balaban J connectivity index is 2.26. The summed E-state index contributed by atoms with van der Waals surface area (Å²) in [7, 11) is 0. The molecule has 0 aliphatic rings. The Hall–Kier alpha value is -2.02. The molecule has 1 heteroatoms. The molecule has 1 nitrogen and oxygen atoms in total. The van der Waals surface area contributed by atoms with Crippen molar-refractivity contribution in [2.45, 2.75) is 6.92 Å². The summed E-state index contributed by atoms with van der Waals surface area (Å²) in [5, 5.41) is 2.55. The number of hydrogen-bond donors (Lipinski definition) is 1. The first-order chi connectivity index (χ1) is 7.84. The Morgan fingerprint density at radius 2 is 1.81 bits per heavy atom. The highest BCUT2D eigenvalue weighted by atomic mass is 14.7. The van der Waals surface area contributed by atoms with Crippen LogP contribution in [-0.4, -0.2) is 4.98 Å². The van der Waals surface area contributed by atoms with E-state index in [2.05, 4.69) is 66.6 Å². The summed E-state index contributed by atoms with van der Waals surface area (Å²) in [6.07, 6.45) is 2.06. The first-order valence-corrected chi connectivity index (χ1v) is 5.48. The zero-order valence-electron chi connectivity index (χ0n) is 9.20. The monoisotopic (exact) mass is 207 g/mol. The molecule has 0 aliphatic carbocycles. The number of nitrogens with one attached hydrogen (secondary N) is 1. The quantitative estimate of drug-likeness (QED) is 0.617. The van der Waals surface area contributed by atoms with Crippen molar-refractivity contribution in [1.82, 2.24) is 4.98 Å². The maximum absolute atomic E-state index is 3.36. The standard InChI is InChI=1S/C15H13N/c1-11-5-4-7-12(9-11)15-14-8-3-2-6-13(14)10-16-15/h2-10,16H,1H3. The van der Waals surface area contributed by atoms with Crippen molar-refractivity contribution in [3.63, 3.8) is 0 Å². The lowest BCUT2D eigenvalue weighted by atomic mass is 10.1. The SMILES string of the molecule is Cc1cccc(-c2[nH]cc3ccccc23)c1. The highest BCUT2D eigenvalue weighted by molar-refractivity contribution is 5.95. The molecule has 1 heterocycles. The van der Waals surface area contributed by atoms with E-state index in [-0.39, 0.29) is 0 Å². The van der Waals surface area contributed by atoms with Crippen LogP contribution in [0.1, 0.15) is 5.56 Å². The lowest BCUT2D eigenvalue weighted by Gasteiger charge is -2.01. The van der Waals surface area contributed by atoms with Gasteiger partial charge in [-0.3, -0.25) is 0 Å². The number of aromatic nitrogens is 1. The van der Waals surface area contributed by atoms with Crippen LogP contribution in [0.5, 0.6) is 0 Å². The molecule has 78 valence electrons. The van der Waals surface area contributed by atoms with Crippen LogP contribution in [0.4, 0.5) is 0 Å². The fraction of sp³-hybridized carbons (Fsp3) is 0.0667. The molecule has 1 N–H and O–H groups in total. The first kappa shape index (κ1) is 9.22. The fourth-order valence-electron chi connectivity index (χ4n) is 2.12. The number of rotatable bonds is 1. The van der Waals surface area contributed by atoms with E-state index in [0.29, 0.717) is 0 Å². The van der Waals surface area contributed by atoms with Crippen LogP contribution >= 0.6 is 0 Å². The predicted octanol–water partition coefficient (Wildman–Crippen LogP) is 4.14. The van der Waals surface area contributed by atoms with Crippen molar-refractivity contribution in [3.8, 4) is 11.3 Å². The molecular formula is C15H13N. The molecule has 0 aliphatic heterocycles. The minimum atomic E-state index is 1.21. The van der Waals surface area contributed by atoms with Crippen LogP contribution in [0.3, 0.4) is 0 Å². The number of benzene rings is 2. The summed E-state index contributed by atoms with van der Waals surface area (Å²) in [6, 6.07) is 17.0. The van der Waals surface area contributed by atoms with Crippen LogP contribution in [0, 0.1) is 6.92 Å². The van der Waals surface area contributed by atoms with Gasteiger partial charge in [-0.25, -0.2) is 0 Å².